The highest BCUT2D eigenvalue weighted by molar-refractivity contribution is 6.02. The van der Waals surface area contributed by atoms with Gasteiger partial charge in [0.1, 0.15) is 12.4 Å². The predicted molar refractivity (Wildman–Crippen MR) is 143 cm³/mol. The molecule has 4 fully saturated rings. The largest absolute Gasteiger partial charge is 0.462 e. The first-order valence-electron chi connectivity index (χ1n) is 14.4. The molecule has 0 aromatic heterocycles. The van der Waals surface area contributed by atoms with Gasteiger partial charge in [-0.1, -0.05) is 40.3 Å². The van der Waals surface area contributed by atoms with E-state index in [1.807, 2.05) is 6.08 Å². The van der Waals surface area contributed by atoms with Gasteiger partial charge in [0, 0.05) is 37.2 Å². The lowest BCUT2D eigenvalue weighted by Crippen LogP contribution is -2.57. The fourth-order valence-electron chi connectivity index (χ4n) is 10.2. The van der Waals surface area contributed by atoms with E-state index in [-0.39, 0.29) is 33.5 Å². The molecule has 7 heteroatoms. The molecule has 0 radical (unpaired) electrons. The number of rotatable bonds is 7. The number of aldehydes is 1. The first kappa shape index (κ1) is 28.0. The molecule has 2 unspecified atom stereocenters. The van der Waals surface area contributed by atoms with Crippen LogP contribution in [0, 0.1) is 51.2 Å². The van der Waals surface area contributed by atoms with Crippen molar-refractivity contribution in [2.45, 2.75) is 92.3 Å². The fourth-order valence-corrected chi connectivity index (χ4v) is 10.2. The van der Waals surface area contributed by atoms with Crippen molar-refractivity contribution in [3.8, 4) is 0 Å². The monoisotopic (exact) mass is 538 g/mol. The lowest BCUT2D eigenvalue weighted by Gasteiger charge is -2.60. The van der Waals surface area contributed by atoms with Crippen LogP contribution in [-0.4, -0.2) is 42.0 Å². The number of allylic oxidation sites excluding steroid dienone is 2. The van der Waals surface area contributed by atoms with Gasteiger partial charge in [0.25, 0.3) is 0 Å². The summed E-state index contributed by atoms with van der Waals surface area (Å²) in [5, 5.41) is 0. The van der Waals surface area contributed by atoms with Crippen molar-refractivity contribution in [2.75, 3.05) is 0 Å². The first-order chi connectivity index (χ1) is 18.2. The van der Waals surface area contributed by atoms with Gasteiger partial charge in [-0.05, 0) is 78.1 Å². The predicted octanol–water partition coefficient (Wildman–Crippen LogP) is 4.81. The summed E-state index contributed by atoms with van der Waals surface area (Å²) in [5.74, 6) is -1.88. The van der Waals surface area contributed by atoms with E-state index >= 15 is 0 Å². The number of hydrogen-bond acceptors (Lipinski definition) is 7. The highest BCUT2D eigenvalue weighted by atomic mass is 16.6. The molecule has 0 N–H and O–H groups in total. The summed E-state index contributed by atoms with van der Waals surface area (Å²) in [6, 6.07) is 0. The second-order valence-electron chi connectivity index (χ2n) is 13.7. The van der Waals surface area contributed by atoms with Crippen molar-refractivity contribution in [3.05, 3.63) is 24.3 Å². The van der Waals surface area contributed by atoms with Gasteiger partial charge in [-0.25, -0.2) is 0 Å². The third-order valence-electron chi connectivity index (χ3n) is 12.3. The van der Waals surface area contributed by atoms with Crippen molar-refractivity contribution in [2.24, 2.45) is 51.2 Å². The van der Waals surface area contributed by atoms with Crippen LogP contribution in [0.2, 0.25) is 0 Å². The Balaban J connectivity index is 1.58. The van der Waals surface area contributed by atoms with Crippen molar-refractivity contribution in [1.29, 1.82) is 0 Å². The minimum absolute atomic E-state index is 0.0263. The molecule has 0 aromatic carbocycles. The summed E-state index contributed by atoms with van der Waals surface area (Å²) in [6.45, 7) is 14.6. The van der Waals surface area contributed by atoms with E-state index in [4.69, 9.17) is 9.47 Å². The summed E-state index contributed by atoms with van der Waals surface area (Å²) in [5.41, 5.74) is -0.558. The summed E-state index contributed by atoms with van der Waals surface area (Å²) in [7, 11) is 0. The molecule has 5 aliphatic carbocycles. The summed E-state index contributed by atoms with van der Waals surface area (Å²) < 4.78 is 11.7. The Hall–Kier alpha value is -2.57. The van der Waals surface area contributed by atoms with Crippen LogP contribution in [0.25, 0.3) is 0 Å². The van der Waals surface area contributed by atoms with Crippen LogP contribution in [0.15, 0.2) is 24.3 Å². The van der Waals surface area contributed by atoms with Gasteiger partial charge in [-0.3, -0.25) is 19.2 Å². The molecule has 11 atom stereocenters. The van der Waals surface area contributed by atoms with E-state index in [1.165, 1.54) is 13.8 Å². The van der Waals surface area contributed by atoms with Gasteiger partial charge in [-0.15, -0.1) is 0 Å². The maximum Gasteiger partial charge on any atom is 0.303 e. The minimum Gasteiger partial charge on any atom is -0.462 e. The Bertz CT molecular complexity index is 1180. The third-order valence-corrected chi connectivity index (χ3v) is 12.3. The normalized spacial score (nSPS) is 45.0. The molecule has 5 rings (SSSR count). The average molecular weight is 539 g/mol. The Morgan fingerprint density at radius 2 is 1.79 bits per heavy atom. The van der Waals surface area contributed by atoms with E-state index in [0.29, 0.717) is 24.5 Å². The SMILES string of the molecule is C=C(C(=O)[C@H](OC(C)=O)C1[C@@H](OC(C)=O)C[C@@]2(C)[C@@H]3CC[C@H]4[C@H](C)C(=O)C=C[C@@]45C[C@@]35CC[C@]12C)C(C)C=O. The molecule has 0 saturated heterocycles. The Morgan fingerprint density at radius 3 is 2.41 bits per heavy atom. The number of ketones is 2. The van der Waals surface area contributed by atoms with Gasteiger partial charge >= 0.3 is 11.9 Å². The van der Waals surface area contributed by atoms with E-state index in [2.05, 4.69) is 33.4 Å². The first-order valence-corrected chi connectivity index (χ1v) is 14.4. The smallest absolute Gasteiger partial charge is 0.303 e. The van der Waals surface area contributed by atoms with Gasteiger partial charge < -0.3 is 14.3 Å². The van der Waals surface area contributed by atoms with Gasteiger partial charge in [0.05, 0.1) is 0 Å². The quantitative estimate of drug-likeness (QED) is 0.260. The number of hydrogen-bond donors (Lipinski definition) is 0. The zero-order chi connectivity index (χ0) is 28.7. The number of esters is 2. The van der Waals surface area contributed by atoms with Crippen LogP contribution >= 0.6 is 0 Å². The fraction of sp³-hybridized carbons (Fsp3) is 0.719. The average Bonchev–Trinajstić information content (AvgIpc) is 3.48. The highest BCUT2D eigenvalue weighted by Crippen LogP contribution is 2.87. The molecule has 4 saturated carbocycles. The van der Waals surface area contributed by atoms with Crippen molar-refractivity contribution in [3.63, 3.8) is 0 Å². The molecular formula is C32H42O7. The van der Waals surface area contributed by atoms with E-state index < -0.39 is 47.2 Å². The number of carbonyl (C=O) groups is 5. The molecule has 0 aliphatic heterocycles. The lowest BCUT2D eigenvalue weighted by molar-refractivity contribution is -0.173. The molecule has 7 nitrogen and oxygen atoms in total. The second-order valence-corrected chi connectivity index (χ2v) is 13.7. The maximum atomic E-state index is 13.8. The minimum atomic E-state index is -1.20. The molecule has 0 heterocycles. The Labute approximate surface area is 231 Å². The number of Topliss-reactive ketones (excluding diaryl/α,β-unsaturated/α-hetero) is 1. The Morgan fingerprint density at radius 1 is 1.10 bits per heavy atom. The zero-order valence-electron chi connectivity index (χ0n) is 24.1. The summed E-state index contributed by atoms with van der Waals surface area (Å²) >= 11 is 0. The van der Waals surface area contributed by atoms with Crippen molar-refractivity contribution < 1.29 is 33.4 Å². The summed E-state index contributed by atoms with van der Waals surface area (Å²) in [6.07, 6.45) is 8.19. The van der Waals surface area contributed by atoms with E-state index in [9.17, 15) is 24.0 Å². The molecule has 0 amide bonds. The number of carbonyl (C=O) groups excluding carboxylic acids is 5. The van der Waals surface area contributed by atoms with Crippen molar-refractivity contribution in [1.82, 2.24) is 0 Å². The standard InChI is InChI=1S/C32H42O7/c1-17(15-33)18(2)27(37)28(39-21(5)35)26-24(38-20(4)34)14-30(7)25-9-8-22-19(3)23(36)10-11-31(22)16-32(25,31)13-12-29(26,30)6/h10-11,15,17,19,22,24-26,28H,2,8-9,12-14,16H2,1,3-7H3/t17?,19-,22-,24-,25-,26?,28+,29+,30-,31+,32-/m0/s1. The van der Waals surface area contributed by atoms with Crippen LogP contribution in [-0.2, 0) is 33.4 Å². The Kier molecular flexibility index (Phi) is 6.43. The van der Waals surface area contributed by atoms with Gasteiger partial charge in [-0.2, -0.15) is 0 Å². The van der Waals surface area contributed by atoms with Crippen LogP contribution in [0.1, 0.15) is 80.1 Å². The number of fused-ring (bicyclic) bond motifs is 2. The van der Waals surface area contributed by atoms with Crippen LogP contribution in [0.4, 0.5) is 0 Å². The van der Waals surface area contributed by atoms with Crippen LogP contribution < -0.4 is 0 Å². The third kappa shape index (κ3) is 3.63. The second kappa shape index (κ2) is 8.97. The van der Waals surface area contributed by atoms with Gasteiger partial charge in [0.2, 0.25) is 0 Å². The topological polar surface area (TPSA) is 104 Å². The molecular weight excluding hydrogens is 496 g/mol. The maximum absolute atomic E-state index is 13.8. The summed E-state index contributed by atoms with van der Waals surface area (Å²) in [4.78, 5) is 62.6. The molecule has 5 aliphatic rings. The van der Waals surface area contributed by atoms with Crippen LogP contribution in [0.3, 0.4) is 0 Å². The van der Waals surface area contributed by atoms with Gasteiger partial charge in [0.15, 0.2) is 17.7 Å². The van der Waals surface area contributed by atoms with Crippen molar-refractivity contribution >= 4 is 29.8 Å². The molecule has 212 valence electrons. The molecule has 39 heavy (non-hydrogen) atoms. The van der Waals surface area contributed by atoms with Crippen LogP contribution in [0.5, 0.6) is 0 Å². The molecule has 2 spiro atoms. The zero-order valence-corrected chi connectivity index (χ0v) is 24.1. The number of ether oxygens (including phenoxy) is 2. The van der Waals surface area contributed by atoms with E-state index in [0.717, 1.165) is 32.1 Å². The molecule has 0 aromatic rings. The molecule has 0 bridgehead atoms. The van der Waals surface area contributed by atoms with E-state index in [1.54, 1.807) is 6.92 Å². The highest BCUT2D eigenvalue weighted by Gasteiger charge is 2.82. The lowest BCUT2D eigenvalue weighted by atomic mass is 9.43.